The van der Waals surface area contributed by atoms with E-state index in [1.165, 1.54) is 18.9 Å². The number of halogens is 2. The SMILES string of the molecule is COc1cc(CSc2nnnn2-c2ccccc2OC)ccc1SC(F)F. The molecule has 0 amide bonds. The van der Waals surface area contributed by atoms with Gasteiger partial charge in [0, 0.05) is 5.75 Å². The first-order valence-corrected chi connectivity index (χ1v) is 9.65. The smallest absolute Gasteiger partial charge is 0.289 e. The van der Waals surface area contributed by atoms with Crippen molar-refractivity contribution in [3.63, 3.8) is 0 Å². The molecular formula is C17H16F2N4O2S2. The van der Waals surface area contributed by atoms with E-state index in [2.05, 4.69) is 15.5 Å². The molecular weight excluding hydrogens is 394 g/mol. The third kappa shape index (κ3) is 4.69. The number of aromatic nitrogens is 4. The minimum atomic E-state index is -2.50. The predicted molar refractivity (Wildman–Crippen MR) is 100 cm³/mol. The molecule has 0 saturated heterocycles. The summed E-state index contributed by atoms with van der Waals surface area (Å²) in [5, 5.41) is 12.4. The zero-order chi connectivity index (χ0) is 19.2. The van der Waals surface area contributed by atoms with Crippen LogP contribution in [0.1, 0.15) is 5.56 Å². The number of thioether (sulfide) groups is 2. The number of benzene rings is 2. The van der Waals surface area contributed by atoms with Crippen LogP contribution in [0.5, 0.6) is 11.5 Å². The Hall–Kier alpha value is -2.33. The van der Waals surface area contributed by atoms with Crippen LogP contribution in [0.4, 0.5) is 8.78 Å². The minimum absolute atomic E-state index is 0.403. The van der Waals surface area contributed by atoms with Crippen LogP contribution >= 0.6 is 23.5 Å². The maximum Gasteiger partial charge on any atom is 0.289 e. The third-order valence-corrected chi connectivity index (χ3v) is 5.33. The fourth-order valence-electron chi connectivity index (χ4n) is 2.37. The van der Waals surface area contributed by atoms with Gasteiger partial charge in [-0.25, -0.2) is 0 Å². The fourth-order valence-corrected chi connectivity index (χ4v) is 3.79. The Morgan fingerprint density at radius 3 is 2.59 bits per heavy atom. The summed E-state index contributed by atoms with van der Waals surface area (Å²) in [6.07, 6.45) is 0. The number of tetrazole rings is 1. The average molecular weight is 410 g/mol. The lowest BCUT2D eigenvalue weighted by molar-refractivity contribution is 0.251. The van der Waals surface area contributed by atoms with Crippen LogP contribution < -0.4 is 9.47 Å². The average Bonchev–Trinajstić information content (AvgIpc) is 3.15. The van der Waals surface area contributed by atoms with E-state index < -0.39 is 5.76 Å². The Morgan fingerprint density at radius 2 is 1.85 bits per heavy atom. The summed E-state index contributed by atoms with van der Waals surface area (Å²) in [7, 11) is 3.05. The van der Waals surface area contributed by atoms with Gasteiger partial charge >= 0.3 is 0 Å². The Balaban J connectivity index is 1.78. The van der Waals surface area contributed by atoms with Gasteiger partial charge in [0.15, 0.2) is 0 Å². The summed E-state index contributed by atoms with van der Waals surface area (Å²) in [4.78, 5) is 0.403. The molecule has 0 radical (unpaired) electrons. The molecule has 2 aromatic carbocycles. The molecule has 0 atom stereocenters. The highest BCUT2D eigenvalue weighted by atomic mass is 32.2. The lowest BCUT2D eigenvalue weighted by Crippen LogP contribution is -2.02. The number of para-hydroxylation sites is 2. The van der Waals surface area contributed by atoms with Crippen LogP contribution in [0.2, 0.25) is 0 Å². The van der Waals surface area contributed by atoms with Gasteiger partial charge in [0.05, 0.1) is 19.1 Å². The maximum atomic E-state index is 12.6. The number of rotatable bonds is 8. The van der Waals surface area contributed by atoms with E-state index in [4.69, 9.17) is 9.47 Å². The lowest BCUT2D eigenvalue weighted by atomic mass is 10.2. The topological polar surface area (TPSA) is 62.1 Å². The second-order valence-electron chi connectivity index (χ2n) is 5.20. The number of methoxy groups -OCH3 is 2. The monoisotopic (exact) mass is 410 g/mol. The van der Waals surface area contributed by atoms with Crippen molar-refractivity contribution >= 4 is 23.5 Å². The summed E-state index contributed by atoms with van der Waals surface area (Å²) in [5.41, 5.74) is 1.64. The van der Waals surface area contributed by atoms with Crippen molar-refractivity contribution < 1.29 is 18.3 Å². The summed E-state index contributed by atoms with van der Waals surface area (Å²) in [6, 6.07) is 12.6. The van der Waals surface area contributed by atoms with Crippen molar-refractivity contribution in [1.82, 2.24) is 20.2 Å². The van der Waals surface area contributed by atoms with Crippen LogP contribution in [0, 0.1) is 0 Å². The summed E-state index contributed by atoms with van der Waals surface area (Å²) in [6.45, 7) is 0. The predicted octanol–water partition coefficient (Wildman–Crippen LogP) is 4.29. The summed E-state index contributed by atoms with van der Waals surface area (Å²) < 4.78 is 37.4. The van der Waals surface area contributed by atoms with E-state index in [0.29, 0.717) is 39.1 Å². The van der Waals surface area contributed by atoms with Gasteiger partial charge in [-0.05, 0) is 40.3 Å². The first kappa shape index (κ1) is 19.4. The zero-order valence-electron chi connectivity index (χ0n) is 14.5. The molecule has 0 unspecified atom stereocenters. The third-order valence-electron chi connectivity index (χ3n) is 3.57. The first-order chi connectivity index (χ1) is 13.1. The van der Waals surface area contributed by atoms with E-state index in [0.717, 1.165) is 11.3 Å². The van der Waals surface area contributed by atoms with Crippen LogP contribution in [0.3, 0.4) is 0 Å². The second kappa shape index (κ2) is 9.05. The molecule has 142 valence electrons. The van der Waals surface area contributed by atoms with Gasteiger partial charge in [-0.2, -0.15) is 13.5 Å². The second-order valence-corrected chi connectivity index (χ2v) is 7.17. The number of hydrogen-bond donors (Lipinski definition) is 0. The molecule has 10 heteroatoms. The van der Waals surface area contributed by atoms with Gasteiger partial charge in [-0.1, -0.05) is 41.7 Å². The van der Waals surface area contributed by atoms with Crippen molar-refractivity contribution in [2.45, 2.75) is 21.6 Å². The van der Waals surface area contributed by atoms with E-state index in [-0.39, 0.29) is 0 Å². The number of nitrogens with zero attached hydrogens (tertiary/aromatic N) is 4. The van der Waals surface area contributed by atoms with Crippen molar-refractivity contribution in [2.24, 2.45) is 0 Å². The fraction of sp³-hybridized carbons (Fsp3) is 0.235. The molecule has 0 N–H and O–H groups in total. The van der Waals surface area contributed by atoms with E-state index in [1.54, 1.807) is 30.0 Å². The normalized spacial score (nSPS) is 11.0. The molecule has 0 fully saturated rings. The highest BCUT2D eigenvalue weighted by Gasteiger charge is 2.15. The van der Waals surface area contributed by atoms with E-state index in [9.17, 15) is 8.78 Å². The Labute approximate surface area is 163 Å². The number of ether oxygens (including phenoxy) is 2. The van der Waals surface area contributed by atoms with E-state index in [1.807, 2.05) is 24.3 Å². The molecule has 3 rings (SSSR count). The Kier molecular flexibility index (Phi) is 6.51. The van der Waals surface area contributed by atoms with Gasteiger partial charge < -0.3 is 9.47 Å². The van der Waals surface area contributed by atoms with Crippen LogP contribution in [-0.2, 0) is 5.75 Å². The molecule has 0 saturated carbocycles. The van der Waals surface area contributed by atoms with Gasteiger partial charge in [-0.15, -0.1) is 5.10 Å². The number of alkyl halides is 2. The van der Waals surface area contributed by atoms with Crippen molar-refractivity contribution in [2.75, 3.05) is 14.2 Å². The highest BCUT2D eigenvalue weighted by Crippen LogP contribution is 2.35. The maximum absolute atomic E-state index is 12.6. The number of hydrogen-bond acceptors (Lipinski definition) is 7. The Morgan fingerprint density at radius 1 is 1.07 bits per heavy atom. The van der Waals surface area contributed by atoms with Crippen molar-refractivity contribution in [1.29, 1.82) is 0 Å². The molecule has 1 heterocycles. The Bertz CT molecular complexity index is 908. The van der Waals surface area contributed by atoms with Crippen LogP contribution in [0.15, 0.2) is 52.5 Å². The molecule has 0 aliphatic heterocycles. The molecule has 0 spiro atoms. The highest BCUT2D eigenvalue weighted by molar-refractivity contribution is 7.99. The molecule has 3 aromatic rings. The van der Waals surface area contributed by atoms with Crippen molar-refractivity contribution in [3.05, 3.63) is 48.0 Å². The molecule has 6 nitrogen and oxygen atoms in total. The molecule has 0 aliphatic rings. The lowest BCUT2D eigenvalue weighted by Gasteiger charge is -2.11. The van der Waals surface area contributed by atoms with Crippen LogP contribution in [-0.4, -0.2) is 40.2 Å². The molecule has 1 aromatic heterocycles. The largest absolute Gasteiger partial charge is 0.496 e. The molecule has 27 heavy (non-hydrogen) atoms. The van der Waals surface area contributed by atoms with Crippen LogP contribution in [0.25, 0.3) is 5.69 Å². The standard InChI is InChI=1S/C17H16F2N4O2S2/c1-24-13-6-4-3-5-12(13)23-17(20-21-22-23)26-10-11-7-8-15(27-16(18)19)14(9-11)25-2/h3-9,16H,10H2,1-2H3. The first-order valence-electron chi connectivity index (χ1n) is 7.78. The minimum Gasteiger partial charge on any atom is -0.496 e. The van der Waals surface area contributed by atoms with Gasteiger partial charge in [0.1, 0.15) is 17.2 Å². The zero-order valence-corrected chi connectivity index (χ0v) is 16.1. The summed E-state index contributed by atoms with van der Waals surface area (Å²) in [5.74, 6) is -0.875. The molecule has 0 bridgehead atoms. The molecule has 0 aliphatic carbocycles. The van der Waals surface area contributed by atoms with Gasteiger partial charge in [-0.3, -0.25) is 0 Å². The van der Waals surface area contributed by atoms with Gasteiger partial charge in [0.2, 0.25) is 5.16 Å². The quantitative estimate of drug-likeness (QED) is 0.514. The summed E-state index contributed by atoms with van der Waals surface area (Å²) >= 11 is 1.88. The van der Waals surface area contributed by atoms with Gasteiger partial charge in [0.25, 0.3) is 5.76 Å². The van der Waals surface area contributed by atoms with E-state index >= 15 is 0 Å². The van der Waals surface area contributed by atoms with Crippen molar-refractivity contribution in [3.8, 4) is 17.2 Å².